The summed E-state index contributed by atoms with van der Waals surface area (Å²) in [6.07, 6.45) is 0. The Kier molecular flexibility index (Phi) is 2.52. The highest BCUT2D eigenvalue weighted by Gasteiger charge is 2.32. The predicted molar refractivity (Wildman–Crippen MR) is 79.5 cm³/mol. The number of nitrogens with zero attached hydrogens (tertiary/aromatic N) is 2. The van der Waals surface area contributed by atoms with Gasteiger partial charge in [0.05, 0.1) is 6.67 Å². The molecule has 0 atom stereocenters. The zero-order chi connectivity index (χ0) is 14.7. The summed E-state index contributed by atoms with van der Waals surface area (Å²) >= 11 is 0. The van der Waals surface area contributed by atoms with Crippen LogP contribution >= 0.6 is 0 Å². The van der Waals surface area contributed by atoms with E-state index in [0.29, 0.717) is 30.9 Å². The van der Waals surface area contributed by atoms with Gasteiger partial charge in [0.25, 0.3) is 0 Å². The molecule has 0 amide bonds. The normalized spacial score (nSPS) is 15.8. The smallest absolute Gasteiger partial charge is 0.128 e. The second-order valence-corrected chi connectivity index (χ2v) is 5.90. The van der Waals surface area contributed by atoms with Crippen LogP contribution in [0.2, 0.25) is 0 Å². The Hall–Kier alpha value is -2.10. The predicted octanol–water partition coefficient (Wildman–Crippen LogP) is 3.88. The quantitative estimate of drug-likeness (QED) is 0.725. The van der Waals surface area contributed by atoms with Crippen LogP contribution in [0.3, 0.4) is 0 Å². The van der Waals surface area contributed by atoms with E-state index in [9.17, 15) is 8.78 Å². The van der Waals surface area contributed by atoms with E-state index in [1.54, 1.807) is 0 Å². The molecule has 0 radical (unpaired) electrons. The average molecular weight is 286 g/mol. The number of halogens is 2. The minimum absolute atomic E-state index is 0.164. The monoisotopic (exact) mass is 286 g/mol. The highest BCUT2D eigenvalue weighted by atomic mass is 19.1. The molecule has 4 heteroatoms. The molecule has 2 heterocycles. The third-order valence-electron chi connectivity index (χ3n) is 4.59. The zero-order valence-electron chi connectivity index (χ0n) is 12.1. The first-order chi connectivity index (χ1) is 10.1. The van der Waals surface area contributed by atoms with Gasteiger partial charge in [0.15, 0.2) is 0 Å². The number of benzene rings is 2. The second kappa shape index (κ2) is 4.20. The summed E-state index contributed by atoms with van der Waals surface area (Å²) < 4.78 is 27.7. The molecule has 0 saturated heterocycles. The average Bonchev–Trinajstić information content (AvgIpc) is 2.46. The van der Waals surface area contributed by atoms with Gasteiger partial charge in [0.2, 0.25) is 0 Å². The van der Waals surface area contributed by atoms with Crippen LogP contribution in [-0.4, -0.2) is 6.67 Å². The van der Waals surface area contributed by atoms with Crippen LogP contribution in [0.1, 0.15) is 22.3 Å². The molecular weight excluding hydrogens is 270 g/mol. The maximum atomic E-state index is 13.9. The third kappa shape index (κ3) is 1.68. The van der Waals surface area contributed by atoms with Crippen molar-refractivity contribution in [1.82, 2.24) is 0 Å². The maximum absolute atomic E-state index is 13.9. The molecule has 0 aliphatic carbocycles. The Morgan fingerprint density at radius 3 is 1.62 bits per heavy atom. The highest BCUT2D eigenvalue weighted by molar-refractivity contribution is 5.71. The van der Waals surface area contributed by atoms with E-state index in [4.69, 9.17) is 0 Å². The number of anilines is 2. The first-order valence-electron chi connectivity index (χ1n) is 7.12. The third-order valence-corrected chi connectivity index (χ3v) is 4.59. The van der Waals surface area contributed by atoms with Crippen molar-refractivity contribution in [3.63, 3.8) is 0 Å². The summed E-state index contributed by atoms with van der Waals surface area (Å²) in [6, 6.07) is 6.74. The van der Waals surface area contributed by atoms with Gasteiger partial charge in [-0.3, -0.25) is 0 Å². The molecule has 108 valence electrons. The van der Waals surface area contributed by atoms with Gasteiger partial charge in [0.1, 0.15) is 11.6 Å². The molecule has 2 aliphatic heterocycles. The topological polar surface area (TPSA) is 6.48 Å². The molecule has 0 spiro atoms. The summed E-state index contributed by atoms with van der Waals surface area (Å²) in [5, 5.41) is 0. The van der Waals surface area contributed by atoms with Gasteiger partial charge in [-0.2, -0.15) is 0 Å². The minimum Gasteiger partial charge on any atom is -0.349 e. The van der Waals surface area contributed by atoms with Crippen molar-refractivity contribution in [3.05, 3.63) is 58.2 Å². The maximum Gasteiger partial charge on any atom is 0.128 e. The Morgan fingerprint density at radius 2 is 1.19 bits per heavy atom. The van der Waals surface area contributed by atoms with Crippen LogP contribution in [0.15, 0.2) is 24.3 Å². The van der Waals surface area contributed by atoms with Gasteiger partial charge in [0, 0.05) is 35.6 Å². The van der Waals surface area contributed by atoms with Crippen molar-refractivity contribution < 1.29 is 8.78 Å². The Bertz CT molecular complexity index is 691. The van der Waals surface area contributed by atoms with E-state index in [-0.39, 0.29) is 11.6 Å². The molecule has 0 unspecified atom stereocenters. The summed E-state index contributed by atoms with van der Waals surface area (Å²) in [4.78, 5) is 4.36. The number of rotatable bonds is 0. The highest BCUT2D eigenvalue weighted by Crippen LogP contribution is 2.41. The lowest BCUT2D eigenvalue weighted by atomic mass is 9.96. The molecular formula is C17H16F2N2. The van der Waals surface area contributed by atoms with Crippen LogP contribution < -0.4 is 9.80 Å². The standard InChI is InChI=1S/C17H16F2N2/c1-10-14(18)5-3-12-7-21-9-20(16(10)12)8-13-4-6-15(19)11(2)17(13)21/h3-6H,7-9H2,1-2H3. The lowest BCUT2D eigenvalue weighted by Crippen LogP contribution is -2.47. The van der Waals surface area contributed by atoms with Crippen molar-refractivity contribution in [3.8, 4) is 0 Å². The van der Waals surface area contributed by atoms with Crippen LogP contribution in [0.25, 0.3) is 0 Å². The fourth-order valence-corrected chi connectivity index (χ4v) is 3.62. The molecule has 0 aromatic heterocycles. The van der Waals surface area contributed by atoms with Crippen LogP contribution in [0.4, 0.5) is 20.2 Å². The molecule has 2 aromatic rings. The van der Waals surface area contributed by atoms with E-state index in [1.165, 1.54) is 12.1 Å². The Balaban J connectivity index is 1.89. The van der Waals surface area contributed by atoms with Crippen molar-refractivity contribution >= 4 is 11.4 Å². The first-order valence-corrected chi connectivity index (χ1v) is 7.12. The Morgan fingerprint density at radius 1 is 0.762 bits per heavy atom. The first kappa shape index (κ1) is 12.6. The molecule has 0 N–H and O–H groups in total. The molecule has 21 heavy (non-hydrogen) atoms. The van der Waals surface area contributed by atoms with E-state index < -0.39 is 0 Å². The van der Waals surface area contributed by atoms with Crippen molar-refractivity contribution in [2.45, 2.75) is 26.9 Å². The van der Waals surface area contributed by atoms with Crippen LogP contribution in [0.5, 0.6) is 0 Å². The molecule has 2 nitrogen and oxygen atoms in total. The van der Waals surface area contributed by atoms with Gasteiger partial charge < -0.3 is 9.80 Å². The fourth-order valence-electron chi connectivity index (χ4n) is 3.62. The lowest BCUT2D eigenvalue weighted by molar-refractivity contribution is 0.592. The van der Waals surface area contributed by atoms with Gasteiger partial charge in [-0.1, -0.05) is 12.1 Å². The van der Waals surface area contributed by atoms with Crippen LogP contribution in [0, 0.1) is 25.5 Å². The van der Waals surface area contributed by atoms with E-state index in [0.717, 1.165) is 22.5 Å². The summed E-state index contributed by atoms with van der Waals surface area (Å²) in [5.41, 5.74) is 5.62. The largest absolute Gasteiger partial charge is 0.349 e. The molecule has 4 rings (SSSR count). The van der Waals surface area contributed by atoms with Gasteiger partial charge >= 0.3 is 0 Å². The summed E-state index contributed by atoms with van der Waals surface area (Å²) in [5.74, 6) is -0.327. The lowest BCUT2D eigenvalue weighted by Gasteiger charge is -2.46. The minimum atomic E-state index is -0.164. The van der Waals surface area contributed by atoms with Crippen molar-refractivity contribution in [2.75, 3.05) is 16.5 Å². The number of fused-ring (bicyclic) bond motifs is 6. The van der Waals surface area contributed by atoms with Crippen molar-refractivity contribution in [1.29, 1.82) is 0 Å². The molecule has 2 aliphatic rings. The number of hydrogen-bond donors (Lipinski definition) is 0. The fraction of sp³-hybridized carbons (Fsp3) is 0.294. The molecule has 2 aromatic carbocycles. The zero-order valence-corrected chi connectivity index (χ0v) is 12.1. The second-order valence-electron chi connectivity index (χ2n) is 5.90. The SMILES string of the molecule is Cc1c(F)ccc2c1N1Cc3ccc(F)c(C)c3N(C2)C1. The van der Waals surface area contributed by atoms with Gasteiger partial charge in [-0.05, 0) is 37.1 Å². The van der Waals surface area contributed by atoms with E-state index in [2.05, 4.69) is 9.80 Å². The van der Waals surface area contributed by atoms with E-state index in [1.807, 2.05) is 26.0 Å². The van der Waals surface area contributed by atoms with Crippen LogP contribution in [-0.2, 0) is 13.1 Å². The number of hydrogen-bond acceptors (Lipinski definition) is 2. The molecule has 0 saturated carbocycles. The van der Waals surface area contributed by atoms with Gasteiger partial charge in [-0.25, -0.2) is 8.78 Å². The van der Waals surface area contributed by atoms with Gasteiger partial charge in [-0.15, -0.1) is 0 Å². The molecule has 0 fully saturated rings. The Labute approximate surface area is 122 Å². The van der Waals surface area contributed by atoms with Crippen molar-refractivity contribution in [2.24, 2.45) is 0 Å². The summed E-state index contributed by atoms with van der Waals surface area (Å²) in [6.45, 7) is 5.74. The van der Waals surface area contributed by atoms with E-state index >= 15 is 0 Å². The summed E-state index contributed by atoms with van der Waals surface area (Å²) in [7, 11) is 0. The molecule has 2 bridgehead atoms.